The summed E-state index contributed by atoms with van der Waals surface area (Å²) in [6.45, 7) is 6.89. The summed E-state index contributed by atoms with van der Waals surface area (Å²) in [7, 11) is 0. The largest absolute Gasteiger partial charge is 0.347 e. The highest BCUT2D eigenvalue weighted by Gasteiger charge is 2.31. The minimum atomic E-state index is -0.396. The van der Waals surface area contributed by atoms with Gasteiger partial charge < -0.3 is 10.2 Å². The number of rotatable bonds is 6. The van der Waals surface area contributed by atoms with Crippen LogP contribution in [0.2, 0.25) is 0 Å². The lowest BCUT2D eigenvalue weighted by Crippen LogP contribution is -2.51. The molecule has 22 heavy (non-hydrogen) atoms. The molecule has 0 aliphatic carbocycles. The number of nitrogens with one attached hydrogen (secondary N) is 2. The smallest absolute Gasteiger partial charge is 0.243 e. The maximum absolute atomic E-state index is 12.5. The molecule has 0 bridgehead atoms. The lowest BCUT2D eigenvalue weighted by Gasteiger charge is -2.34. The third kappa shape index (κ3) is 4.29. The lowest BCUT2D eigenvalue weighted by atomic mass is 9.98. The average molecular weight is 307 g/mol. The van der Waals surface area contributed by atoms with E-state index in [1.165, 1.54) is 0 Å². The summed E-state index contributed by atoms with van der Waals surface area (Å²) in [5.74, 6) is 1.58. The molecular weight excluding hydrogens is 282 g/mol. The maximum Gasteiger partial charge on any atom is 0.243 e. The summed E-state index contributed by atoms with van der Waals surface area (Å²) in [6.07, 6.45) is 3.10. The average Bonchev–Trinajstić information content (AvgIpc) is 2.88. The van der Waals surface area contributed by atoms with Gasteiger partial charge in [-0.25, -0.2) is 4.98 Å². The van der Waals surface area contributed by atoms with Gasteiger partial charge in [0.1, 0.15) is 11.9 Å². The Balaban J connectivity index is 2.00. The standard InChI is InChI=1S/C15H25N5O2/c1-10(2)8-12(20-7-5-4-6-14(20)21)15(22)16-9-13-17-11(3)18-19-13/h10,12H,4-9H2,1-3H3,(H,16,22)(H,17,18,19). The fourth-order valence-corrected chi connectivity index (χ4v) is 2.73. The first-order valence-electron chi connectivity index (χ1n) is 7.92. The first-order chi connectivity index (χ1) is 10.5. The van der Waals surface area contributed by atoms with Crippen molar-refractivity contribution < 1.29 is 9.59 Å². The van der Waals surface area contributed by atoms with Crippen LogP contribution in [0.3, 0.4) is 0 Å². The number of aryl methyl sites for hydroxylation is 1. The molecule has 0 saturated carbocycles. The summed E-state index contributed by atoms with van der Waals surface area (Å²) in [6, 6.07) is -0.396. The number of aromatic amines is 1. The van der Waals surface area contributed by atoms with Crippen molar-refractivity contribution in [2.24, 2.45) is 5.92 Å². The molecule has 1 aliphatic heterocycles. The third-order valence-corrected chi connectivity index (χ3v) is 3.80. The Kier molecular flexibility index (Phi) is 5.51. The second-order valence-electron chi connectivity index (χ2n) is 6.24. The van der Waals surface area contributed by atoms with Crippen LogP contribution in [0, 0.1) is 12.8 Å². The second kappa shape index (κ2) is 7.38. The van der Waals surface area contributed by atoms with Crippen molar-refractivity contribution in [2.45, 2.75) is 59.0 Å². The van der Waals surface area contributed by atoms with Crippen molar-refractivity contribution >= 4 is 11.8 Å². The molecule has 1 aromatic heterocycles. The molecule has 1 aliphatic rings. The molecule has 122 valence electrons. The van der Waals surface area contributed by atoms with E-state index < -0.39 is 6.04 Å². The van der Waals surface area contributed by atoms with E-state index in [2.05, 4.69) is 34.3 Å². The number of hydrogen-bond donors (Lipinski definition) is 2. The predicted molar refractivity (Wildman–Crippen MR) is 81.8 cm³/mol. The summed E-state index contributed by atoms with van der Waals surface area (Å²) in [5.41, 5.74) is 0. The number of H-pyrrole nitrogens is 1. The first kappa shape index (κ1) is 16.5. The Bertz CT molecular complexity index is 526. The molecule has 2 heterocycles. The van der Waals surface area contributed by atoms with Crippen LogP contribution < -0.4 is 5.32 Å². The molecule has 1 atom stereocenters. The Morgan fingerprint density at radius 2 is 2.18 bits per heavy atom. The minimum Gasteiger partial charge on any atom is -0.347 e. The van der Waals surface area contributed by atoms with Gasteiger partial charge in [-0.15, -0.1) is 0 Å². The predicted octanol–water partition coefficient (Wildman–Crippen LogP) is 1.16. The molecule has 2 rings (SSSR count). The van der Waals surface area contributed by atoms with Gasteiger partial charge in [-0.1, -0.05) is 13.8 Å². The van der Waals surface area contributed by atoms with Crippen LogP contribution in [0.5, 0.6) is 0 Å². The van der Waals surface area contributed by atoms with Gasteiger partial charge in [0.15, 0.2) is 5.82 Å². The van der Waals surface area contributed by atoms with Gasteiger partial charge in [0.05, 0.1) is 6.54 Å². The van der Waals surface area contributed by atoms with Crippen LogP contribution in [0.1, 0.15) is 51.2 Å². The number of hydrogen-bond acceptors (Lipinski definition) is 4. The highest BCUT2D eigenvalue weighted by atomic mass is 16.2. The monoisotopic (exact) mass is 307 g/mol. The highest BCUT2D eigenvalue weighted by molar-refractivity contribution is 5.87. The van der Waals surface area contributed by atoms with Gasteiger partial charge in [-0.05, 0) is 32.1 Å². The van der Waals surface area contributed by atoms with Crippen molar-refractivity contribution in [3.63, 3.8) is 0 Å². The Morgan fingerprint density at radius 1 is 1.41 bits per heavy atom. The molecule has 1 saturated heterocycles. The highest BCUT2D eigenvalue weighted by Crippen LogP contribution is 2.19. The van der Waals surface area contributed by atoms with Crippen LogP contribution in [0.15, 0.2) is 0 Å². The van der Waals surface area contributed by atoms with Crippen molar-refractivity contribution in [2.75, 3.05) is 6.54 Å². The van der Waals surface area contributed by atoms with Gasteiger partial charge in [-0.2, -0.15) is 5.10 Å². The zero-order valence-corrected chi connectivity index (χ0v) is 13.6. The van der Waals surface area contributed by atoms with Gasteiger partial charge in [-0.3, -0.25) is 14.7 Å². The van der Waals surface area contributed by atoms with Crippen LogP contribution in [0.4, 0.5) is 0 Å². The molecule has 2 N–H and O–H groups in total. The molecule has 0 radical (unpaired) electrons. The summed E-state index contributed by atoms with van der Waals surface area (Å²) >= 11 is 0. The van der Waals surface area contributed by atoms with E-state index in [1.807, 2.05) is 6.92 Å². The number of aromatic nitrogens is 3. The molecule has 7 nitrogen and oxygen atoms in total. The van der Waals surface area contributed by atoms with Gasteiger partial charge >= 0.3 is 0 Å². The summed E-state index contributed by atoms with van der Waals surface area (Å²) in [4.78, 5) is 30.6. The van der Waals surface area contributed by atoms with Crippen molar-refractivity contribution in [1.29, 1.82) is 0 Å². The van der Waals surface area contributed by atoms with Crippen LogP contribution >= 0.6 is 0 Å². The third-order valence-electron chi connectivity index (χ3n) is 3.80. The van der Waals surface area contributed by atoms with E-state index in [0.29, 0.717) is 37.0 Å². The van der Waals surface area contributed by atoms with E-state index in [1.54, 1.807) is 4.90 Å². The Labute approximate surface area is 130 Å². The molecule has 0 spiro atoms. The summed E-state index contributed by atoms with van der Waals surface area (Å²) < 4.78 is 0. The van der Waals surface area contributed by atoms with E-state index in [4.69, 9.17) is 0 Å². The quantitative estimate of drug-likeness (QED) is 0.825. The molecule has 1 unspecified atom stereocenters. The minimum absolute atomic E-state index is 0.0841. The maximum atomic E-state index is 12.5. The Hall–Kier alpha value is -1.92. The van der Waals surface area contributed by atoms with E-state index in [9.17, 15) is 9.59 Å². The molecular formula is C15H25N5O2. The van der Waals surface area contributed by atoms with Crippen LogP contribution in [-0.2, 0) is 16.1 Å². The first-order valence-corrected chi connectivity index (χ1v) is 7.92. The SMILES string of the molecule is Cc1nc(CNC(=O)C(CC(C)C)N2CCCCC2=O)n[nH]1. The molecule has 0 aromatic carbocycles. The number of nitrogens with zero attached hydrogens (tertiary/aromatic N) is 3. The van der Waals surface area contributed by atoms with Crippen molar-refractivity contribution in [3.05, 3.63) is 11.6 Å². The number of amides is 2. The summed E-state index contributed by atoms with van der Waals surface area (Å²) in [5, 5.41) is 9.61. The normalized spacial score (nSPS) is 16.9. The zero-order chi connectivity index (χ0) is 16.1. The lowest BCUT2D eigenvalue weighted by molar-refractivity contribution is -0.143. The topological polar surface area (TPSA) is 91.0 Å². The van der Waals surface area contributed by atoms with Crippen LogP contribution in [0.25, 0.3) is 0 Å². The molecule has 7 heteroatoms. The second-order valence-corrected chi connectivity index (χ2v) is 6.24. The number of carbonyl (C=O) groups is 2. The Morgan fingerprint density at radius 3 is 2.77 bits per heavy atom. The van der Waals surface area contributed by atoms with Gasteiger partial charge in [0, 0.05) is 13.0 Å². The number of piperidine rings is 1. The number of carbonyl (C=O) groups excluding carboxylic acids is 2. The molecule has 2 amide bonds. The van der Waals surface area contributed by atoms with E-state index in [-0.39, 0.29) is 18.4 Å². The van der Waals surface area contributed by atoms with Gasteiger partial charge in [0.25, 0.3) is 0 Å². The number of likely N-dealkylation sites (tertiary alicyclic amines) is 1. The van der Waals surface area contributed by atoms with E-state index in [0.717, 1.165) is 12.8 Å². The van der Waals surface area contributed by atoms with Crippen molar-refractivity contribution in [3.8, 4) is 0 Å². The van der Waals surface area contributed by atoms with E-state index >= 15 is 0 Å². The van der Waals surface area contributed by atoms with Gasteiger partial charge in [0.2, 0.25) is 11.8 Å². The fraction of sp³-hybridized carbons (Fsp3) is 0.733. The molecule has 1 fully saturated rings. The fourth-order valence-electron chi connectivity index (χ4n) is 2.73. The van der Waals surface area contributed by atoms with Crippen LogP contribution in [-0.4, -0.2) is 44.5 Å². The zero-order valence-electron chi connectivity index (χ0n) is 13.6. The molecule has 1 aromatic rings. The van der Waals surface area contributed by atoms with Crippen molar-refractivity contribution in [1.82, 2.24) is 25.4 Å².